The molecule has 1 aliphatic rings. The lowest BCUT2D eigenvalue weighted by molar-refractivity contribution is -0.143. The van der Waals surface area contributed by atoms with Gasteiger partial charge in [-0.05, 0) is 56.4 Å². The summed E-state index contributed by atoms with van der Waals surface area (Å²) < 4.78 is 13.3. The number of ether oxygens (including phenoxy) is 1. The number of aromatic amines is 1. The van der Waals surface area contributed by atoms with Crippen molar-refractivity contribution < 1.29 is 13.9 Å². The fraction of sp³-hybridized carbons (Fsp3) is 0.478. The highest BCUT2D eigenvalue weighted by atomic mass is 16.5. The Morgan fingerprint density at radius 1 is 1.25 bits per heavy atom. The molecule has 1 aliphatic carbocycles. The van der Waals surface area contributed by atoms with Crippen molar-refractivity contribution >= 4 is 22.6 Å². The zero-order valence-corrected chi connectivity index (χ0v) is 18.6. The van der Waals surface area contributed by atoms with Gasteiger partial charge in [-0.1, -0.05) is 6.92 Å². The number of aryl methyl sites for hydroxylation is 2. The molecule has 0 saturated heterocycles. The van der Waals surface area contributed by atoms with Gasteiger partial charge >= 0.3 is 17.3 Å². The van der Waals surface area contributed by atoms with E-state index in [1.165, 1.54) is 4.57 Å². The van der Waals surface area contributed by atoms with Crippen molar-refractivity contribution in [3.63, 3.8) is 0 Å². The normalized spacial score (nSPS) is 14.3. The number of hydrogen-bond acceptors (Lipinski definition) is 6. The summed E-state index contributed by atoms with van der Waals surface area (Å²) in [7, 11) is 0. The summed E-state index contributed by atoms with van der Waals surface area (Å²) >= 11 is 0. The Labute approximate surface area is 184 Å². The molecule has 2 aromatic heterocycles. The smallest absolute Gasteiger partial charge is 0.334 e. The summed E-state index contributed by atoms with van der Waals surface area (Å²) in [6.07, 6.45) is 2.82. The van der Waals surface area contributed by atoms with Crippen LogP contribution in [0.15, 0.2) is 37.2 Å². The third kappa shape index (κ3) is 4.46. The molecule has 9 heteroatoms. The van der Waals surface area contributed by atoms with Crippen LogP contribution < -0.4 is 17.0 Å². The number of nitrogens with one attached hydrogen (secondary N) is 1. The maximum atomic E-state index is 13.1. The van der Waals surface area contributed by atoms with E-state index in [2.05, 4.69) is 9.98 Å². The molecule has 170 valence electrons. The van der Waals surface area contributed by atoms with Crippen LogP contribution in [0, 0.1) is 12.8 Å². The highest BCUT2D eigenvalue weighted by Gasteiger charge is 2.24. The number of rotatable bonds is 8. The van der Waals surface area contributed by atoms with E-state index in [1.54, 1.807) is 13.0 Å². The first kappa shape index (κ1) is 21.9. The van der Waals surface area contributed by atoms with Gasteiger partial charge in [0.1, 0.15) is 11.3 Å². The lowest BCUT2D eigenvalue weighted by Gasteiger charge is -2.10. The van der Waals surface area contributed by atoms with Crippen molar-refractivity contribution in [2.24, 2.45) is 10.9 Å². The standard InChI is InChI=1S/C23H28N4O5/c1-4-18-14(3)17-12-16(8-9-19(17)32-18)24-21-25-22(29)26(11-10-20(28)31-5-2)23(30)27(21)13-15-6-7-15/h8-9,12,15H,4-7,10-11,13H2,1-3H3,(H,24,25,29). The number of furan rings is 1. The molecule has 0 amide bonds. The SMILES string of the molecule is CCOC(=O)CCn1c(=O)[nH]/c(=N\c2ccc3oc(CC)c(C)c3c2)n(CC2CC2)c1=O. The van der Waals surface area contributed by atoms with E-state index >= 15 is 0 Å². The molecule has 0 bridgehead atoms. The minimum absolute atomic E-state index is 0.0437. The number of esters is 1. The fourth-order valence-corrected chi connectivity index (χ4v) is 3.79. The van der Waals surface area contributed by atoms with Crippen LogP contribution in [-0.4, -0.2) is 26.7 Å². The molecule has 4 rings (SSSR count). The Hall–Kier alpha value is -3.36. The Kier molecular flexibility index (Phi) is 6.16. The molecule has 0 radical (unpaired) electrons. The van der Waals surface area contributed by atoms with E-state index in [0.29, 0.717) is 18.2 Å². The maximum Gasteiger partial charge on any atom is 0.334 e. The Bertz CT molecular complexity index is 1340. The quantitative estimate of drug-likeness (QED) is 0.541. The van der Waals surface area contributed by atoms with Crippen LogP contribution >= 0.6 is 0 Å². The third-order valence-corrected chi connectivity index (χ3v) is 5.74. The first-order chi connectivity index (χ1) is 15.4. The van der Waals surface area contributed by atoms with E-state index in [1.807, 2.05) is 26.0 Å². The Morgan fingerprint density at radius 3 is 2.72 bits per heavy atom. The van der Waals surface area contributed by atoms with E-state index < -0.39 is 17.3 Å². The molecule has 0 atom stereocenters. The largest absolute Gasteiger partial charge is 0.466 e. The van der Waals surface area contributed by atoms with Crippen LogP contribution in [-0.2, 0) is 29.0 Å². The van der Waals surface area contributed by atoms with Gasteiger partial charge in [0.05, 0.1) is 18.7 Å². The van der Waals surface area contributed by atoms with Crippen molar-refractivity contribution in [1.82, 2.24) is 14.1 Å². The molecule has 2 heterocycles. The second kappa shape index (κ2) is 9.02. The Balaban J connectivity index is 1.77. The predicted molar refractivity (Wildman–Crippen MR) is 119 cm³/mol. The first-order valence-electron chi connectivity index (χ1n) is 11.1. The van der Waals surface area contributed by atoms with Crippen LogP contribution in [0.4, 0.5) is 5.69 Å². The minimum atomic E-state index is -0.598. The highest BCUT2D eigenvalue weighted by Crippen LogP contribution is 2.30. The van der Waals surface area contributed by atoms with Gasteiger partial charge in [-0.3, -0.25) is 14.3 Å². The highest BCUT2D eigenvalue weighted by molar-refractivity contribution is 5.84. The molecule has 1 N–H and O–H groups in total. The van der Waals surface area contributed by atoms with Crippen molar-refractivity contribution in [3.05, 3.63) is 56.1 Å². The molecule has 1 saturated carbocycles. The van der Waals surface area contributed by atoms with Gasteiger partial charge in [-0.25, -0.2) is 19.1 Å². The number of carbonyl (C=O) groups is 1. The number of nitrogens with zero attached hydrogens (tertiary/aromatic N) is 3. The molecule has 0 spiro atoms. The van der Waals surface area contributed by atoms with Gasteiger partial charge in [0, 0.05) is 24.9 Å². The van der Waals surface area contributed by atoms with E-state index in [9.17, 15) is 14.4 Å². The first-order valence-corrected chi connectivity index (χ1v) is 11.1. The van der Waals surface area contributed by atoms with Crippen LogP contribution in [0.5, 0.6) is 0 Å². The predicted octanol–water partition coefficient (Wildman–Crippen LogP) is 2.55. The molecule has 1 aromatic carbocycles. The number of hydrogen-bond donors (Lipinski definition) is 1. The maximum absolute atomic E-state index is 13.1. The zero-order valence-electron chi connectivity index (χ0n) is 18.6. The van der Waals surface area contributed by atoms with Crippen LogP contribution in [0.25, 0.3) is 11.0 Å². The molecule has 32 heavy (non-hydrogen) atoms. The summed E-state index contributed by atoms with van der Waals surface area (Å²) in [4.78, 5) is 44.8. The number of H-pyrrole nitrogens is 1. The summed E-state index contributed by atoms with van der Waals surface area (Å²) in [5, 5.41) is 0.960. The number of benzene rings is 1. The fourth-order valence-electron chi connectivity index (χ4n) is 3.79. The lowest BCUT2D eigenvalue weighted by Crippen LogP contribution is -2.50. The minimum Gasteiger partial charge on any atom is -0.466 e. The Morgan fingerprint density at radius 2 is 2.03 bits per heavy atom. The topological polar surface area (TPSA) is 112 Å². The lowest BCUT2D eigenvalue weighted by atomic mass is 10.1. The van der Waals surface area contributed by atoms with Crippen molar-refractivity contribution in [1.29, 1.82) is 0 Å². The summed E-state index contributed by atoms with van der Waals surface area (Å²) in [5.41, 5.74) is 1.60. The van der Waals surface area contributed by atoms with E-state index in [0.717, 1.165) is 46.1 Å². The van der Waals surface area contributed by atoms with Gasteiger partial charge < -0.3 is 9.15 Å². The molecular weight excluding hydrogens is 412 g/mol. The zero-order chi connectivity index (χ0) is 22.8. The van der Waals surface area contributed by atoms with Crippen molar-refractivity contribution in [3.8, 4) is 0 Å². The van der Waals surface area contributed by atoms with Gasteiger partial charge in [-0.2, -0.15) is 0 Å². The molecule has 1 fully saturated rings. The molecule has 0 aliphatic heterocycles. The van der Waals surface area contributed by atoms with E-state index in [-0.39, 0.29) is 25.2 Å². The van der Waals surface area contributed by atoms with Crippen LogP contribution in [0.3, 0.4) is 0 Å². The van der Waals surface area contributed by atoms with Crippen molar-refractivity contribution in [2.75, 3.05) is 6.61 Å². The molecule has 9 nitrogen and oxygen atoms in total. The van der Waals surface area contributed by atoms with Gasteiger partial charge in [0.2, 0.25) is 5.62 Å². The average molecular weight is 441 g/mol. The van der Waals surface area contributed by atoms with E-state index in [4.69, 9.17) is 9.15 Å². The number of carbonyl (C=O) groups excluding carboxylic acids is 1. The van der Waals surface area contributed by atoms with Gasteiger partial charge in [0.25, 0.3) is 0 Å². The monoisotopic (exact) mass is 440 g/mol. The molecule has 3 aromatic rings. The van der Waals surface area contributed by atoms with Crippen LogP contribution in [0.1, 0.15) is 44.4 Å². The molecule has 0 unspecified atom stereocenters. The second-order valence-corrected chi connectivity index (χ2v) is 8.09. The van der Waals surface area contributed by atoms with Crippen molar-refractivity contribution in [2.45, 2.75) is 59.5 Å². The number of fused-ring (bicyclic) bond motifs is 1. The van der Waals surface area contributed by atoms with Gasteiger partial charge in [0.15, 0.2) is 0 Å². The summed E-state index contributed by atoms with van der Waals surface area (Å²) in [6, 6.07) is 5.56. The third-order valence-electron chi connectivity index (χ3n) is 5.74. The average Bonchev–Trinajstić information content (AvgIpc) is 3.53. The van der Waals surface area contributed by atoms with Crippen LogP contribution in [0.2, 0.25) is 0 Å². The number of aromatic nitrogens is 3. The molecular formula is C23H28N4O5. The summed E-state index contributed by atoms with van der Waals surface area (Å²) in [6.45, 7) is 6.44. The second-order valence-electron chi connectivity index (χ2n) is 8.09. The van der Waals surface area contributed by atoms with Gasteiger partial charge in [-0.15, -0.1) is 0 Å². The summed E-state index contributed by atoms with van der Waals surface area (Å²) in [5.74, 6) is 0.867.